The average Bonchev–Trinajstić information content (AvgIpc) is 3.39. The zero-order valence-corrected chi connectivity index (χ0v) is 18.6. The van der Waals surface area contributed by atoms with Crippen molar-refractivity contribution in [2.45, 2.75) is 6.61 Å². The number of hydrogen-bond donors (Lipinski definition) is 2. The summed E-state index contributed by atoms with van der Waals surface area (Å²) < 4.78 is 11.1. The summed E-state index contributed by atoms with van der Waals surface area (Å²) in [4.78, 5) is 12.3. The Kier molecular flexibility index (Phi) is 7.48. The van der Waals surface area contributed by atoms with E-state index in [0.717, 1.165) is 28.2 Å². The maximum Gasteiger partial charge on any atom is 0.289 e. The fraction of sp³-hybridized carbons (Fsp3) is 0.0741. The number of carbonyl (C=O) groups excluding carboxylic acids is 1. The molecule has 0 saturated carbocycles. The Hall–Kier alpha value is -4.65. The number of carbonyl (C=O) groups is 1. The molecule has 0 fully saturated rings. The molecule has 7 heteroatoms. The number of rotatable bonds is 9. The Morgan fingerprint density at radius 2 is 1.79 bits per heavy atom. The van der Waals surface area contributed by atoms with Crippen LogP contribution < -0.4 is 14.9 Å². The Morgan fingerprint density at radius 1 is 1.03 bits per heavy atom. The molecule has 0 bridgehead atoms. The van der Waals surface area contributed by atoms with E-state index < -0.39 is 0 Å². The van der Waals surface area contributed by atoms with Crippen LogP contribution >= 0.6 is 0 Å². The number of hydrogen-bond acceptors (Lipinski definition) is 5. The van der Waals surface area contributed by atoms with Gasteiger partial charge in [0.25, 0.3) is 5.91 Å². The maximum atomic E-state index is 12.3. The lowest BCUT2D eigenvalue weighted by Gasteiger charge is -2.06. The third-order valence-corrected chi connectivity index (χ3v) is 4.96. The average molecular weight is 453 g/mol. The Labute approximate surface area is 197 Å². The van der Waals surface area contributed by atoms with Crippen molar-refractivity contribution >= 4 is 18.2 Å². The number of aromatic amines is 1. The number of ether oxygens (including phenoxy) is 2. The quantitative estimate of drug-likeness (QED) is 0.273. The van der Waals surface area contributed by atoms with Crippen LogP contribution in [0, 0.1) is 0 Å². The standard InChI is InChI=1S/C27H24N4O3/c1-33-26-12-6-5-10-22(26)11-7-17-28-31-27(32)25-18-24(29-30-25)21-13-15-23(16-14-21)34-19-20-8-3-2-4-9-20/h2-18H,19H2,1H3,(H,29,30)(H,31,32)/b11-7+,28-17+. The minimum atomic E-state index is -0.386. The van der Waals surface area contributed by atoms with Crippen LogP contribution in [0.1, 0.15) is 21.6 Å². The van der Waals surface area contributed by atoms with Gasteiger partial charge in [0.2, 0.25) is 0 Å². The number of amides is 1. The van der Waals surface area contributed by atoms with Gasteiger partial charge < -0.3 is 9.47 Å². The lowest BCUT2D eigenvalue weighted by Crippen LogP contribution is -2.17. The van der Waals surface area contributed by atoms with Gasteiger partial charge in [-0.2, -0.15) is 10.2 Å². The monoisotopic (exact) mass is 452 g/mol. The molecule has 0 radical (unpaired) electrons. The molecule has 0 spiro atoms. The van der Waals surface area contributed by atoms with Crippen LogP contribution in [0.25, 0.3) is 17.3 Å². The van der Waals surface area contributed by atoms with Crippen molar-refractivity contribution in [3.8, 4) is 22.8 Å². The highest BCUT2D eigenvalue weighted by Gasteiger charge is 2.10. The number of nitrogens with zero attached hydrogens (tertiary/aromatic N) is 2. The second-order valence-electron chi connectivity index (χ2n) is 7.29. The summed E-state index contributed by atoms with van der Waals surface area (Å²) in [5.41, 5.74) is 6.32. The van der Waals surface area contributed by atoms with Gasteiger partial charge in [0.05, 0.1) is 12.8 Å². The van der Waals surface area contributed by atoms with E-state index in [4.69, 9.17) is 9.47 Å². The number of benzene rings is 3. The van der Waals surface area contributed by atoms with Crippen molar-refractivity contribution in [1.29, 1.82) is 0 Å². The maximum absolute atomic E-state index is 12.3. The number of nitrogens with one attached hydrogen (secondary N) is 2. The summed E-state index contributed by atoms with van der Waals surface area (Å²) in [6, 6.07) is 26.8. The fourth-order valence-electron chi connectivity index (χ4n) is 3.20. The Morgan fingerprint density at radius 3 is 2.59 bits per heavy atom. The van der Waals surface area contributed by atoms with Crippen LogP contribution in [0.15, 0.2) is 96.1 Å². The molecule has 0 atom stereocenters. The molecule has 0 unspecified atom stereocenters. The molecule has 4 aromatic rings. The van der Waals surface area contributed by atoms with Crippen molar-refractivity contribution < 1.29 is 14.3 Å². The van der Waals surface area contributed by atoms with Gasteiger partial charge in [0.1, 0.15) is 23.8 Å². The molecule has 34 heavy (non-hydrogen) atoms. The molecule has 2 N–H and O–H groups in total. The van der Waals surface area contributed by atoms with Crippen LogP contribution in [0.3, 0.4) is 0 Å². The van der Waals surface area contributed by atoms with E-state index in [1.807, 2.05) is 84.9 Å². The first-order valence-corrected chi connectivity index (χ1v) is 10.7. The van der Waals surface area contributed by atoms with Crippen molar-refractivity contribution in [3.05, 3.63) is 108 Å². The summed E-state index contributed by atoms with van der Waals surface area (Å²) in [6.45, 7) is 0.501. The lowest BCUT2D eigenvalue weighted by atomic mass is 10.1. The minimum absolute atomic E-state index is 0.310. The molecule has 0 aliphatic rings. The second kappa shape index (κ2) is 11.3. The van der Waals surface area contributed by atoms with Crippen LogP contribution in [0.2, 0.25) is 0 Å². The van der Waals surface area contributed by atoms with Crippen molar-refractivity contribution in [2.75, 3.05) is 7.11 Å². The zero-order chi connectivity index (χ0) is 23.6. The highest BCUT2D eigenvalue weighted by molar-refractivity contribution is 5.94. The summed E-state index contributed by atoms with van der Waals surface area (Å²) in [5, 5.41) is 10.9. The molecule has 3 aromatic carbocycles. The van der Waals surface area contributed by atoms with Crippen molar-refractivity contribution in [1.82, 2.24) is 15.6 Å². The summed E-state index contributed by atoms with van der Waals surface area (Å²) in [5.74, 6) is 1.14. The Balaban J connectivity index is 1.30. The number of para-hydroxylation sites is 1. The van der Waals surface area contributed by atoms with Crippen LogP contribution in [0.4, 0.5) is 0 Å². The fourth-order valence-corrected chi connectivity index (χ4v) is 3.20. The smallest absolute Gasteiger partial charge is 0.289 e. The number of H-pyrrole nitrogens is 1. The first-order valence-electron chi connectivity index (χ1n) is 10.7. The van der Waals surface area contributed by atoms with Gasteiger partial charge in [-0.05, 0) is 54.1 Å². The van der Waals surface area contributed by atoms with E-state index in [9.17, 15) is 4.79 Å². The second-order valence-corrected chi connectivity index (χ2v) is 7.29. The third kappa shape index (κ3) is 5.98. The van der Waals surface area contributed by atoms with Crippen molar-refractivity contribution in [3.63, 3.8) is 0 Å². The zero-order valence-electron chi connectivity index (χ0n) is 18.6. The van der Waals surface area contributed by atoms with Gasteiger partial charge in [-0.1, -0.05) is 48.5 Å². The molecular formula is C27H24N4O3. The van der Waals surface area contributed by atoms with Gasteiger partial charge in [-0.15, -0.1) is 0 Å². The Bertz CT molecular complexity index is 1280. The van der Waals surface area contributed by atoms with Gasteiger partial charge in [-0.25, -0.2) is 5.43 Å². The van der Waals surface area contributed by atoms with E-state index in [2.05, 4.69) is 20.7 Å². The van der Waals surface area contributed by atoms with Crippen LogP contribution in [0.5, 0.6) is 11.5 Å². The summed E-state index contributed by atoms with van der Waals surface area (Å²) in [7, 11) is 1.62. The van der Waals surface area contributed by atoms with E-state index in [0.29, 0.717) is 18.0 Å². The normalized spacial score (nSPS) is 11.1. The summed E-state index contributed by atoms with van der Waals surface area (Å²) in [6.07, 6.45) is 5.06. The van der Waals surface area contributed by atoms with Crippen molar-refractivity contribution in [2.24, 2.45) is 5.10 Å². The number of aromatic nitrogens is 2. The molecule has 0 aliphatic carbocycles. The summed E-state index contributed by atoms with van der Waals surface area (Å²) >= 11 is 0. The van der Waals surface area contributed by atoms with Gasteiger partial charge in [-0.3, -0.25) is 9.89 Å². The number of methoxy groups -OCH3 is 1. The van der Waals surface area contributed by atoms with Gasteiger partial charge in [0, 0.05) is 17.3 Å². The first kappa shape index (κ1) is 22.5. The first-order chi connectivity index (χ1) is 16.7. The molecule has 1 amide bonds. The topological polar surface area (TPSA) is 88.6 Å². The van der Waals surface area contributed by atoms with E-state index in [1.54, 1.807) is 19.3 Å². The molecule has 4 rings (SSSR count). The molecule has 1 aromatic heterocycles. The highest BCUT2D eigenvalue weighted by Crippen LogP contribution is 2.22. The van der Waals surface area contributed by atoms with Crippen LogP contribution in [-0.4, -0.2) is 29.4 Å². The van der Waals surface area contributed by atoms with E-state index in [1.165, 1.54) is 6.21 Å². The van der Waals surface area contributed by atoms with Gasteiger partial charge in [0.15, 0.2) is 0 Å². The molecule has 1 heterocycles. The largest absolute Gasteiger partial charge is 0.496 e. The van der Waals surface area contributed by atoms with E-state index >= 15 is 0 Å². The molecular weight excluding hydrogens is 428 g/mol. The molecule has 0 saturated heterocycles. The highest BCUT2D eigenvalue weighted by atomic mass is 16.5. The molecule has 7 nitrogen and oxygen atoms in total. The lowest BCUT2D eigenvalue weighted by molar-refractivity contribution is 0.0950. The van der Waals surface area contributed by atoms with Crippen LogP contribution in [-0.2, 0) is 6.61 Å². The predicted octanol–water partition coefficient (Wildman–Crippen LogP) is 5.09. The van der Waals surface area contributed by atoms with Gasteiger partial charge >= 0.3 is 0 Å². The molecule has 170 valence electrons. The number of allylic oxidation sites excluding steroid dienone is 1. The SMILES string of the molecule is COc1ccccc1/C=C/C=N/NC(=O)c1cc(-c2ccc(OCc3ccccc3)cc2)n[nH]1. The predicted molar refractivity (Wildman–Crippen MR) is 133 cm³/mol. The number of hydrazone groups is 1. The third-order valence-electron chi connectivity index (χ3n) is 4.96. The van der Waals surface area contributed by atoms with E-state index in [-0.39, 0.29) is 5.91 Å². The molecule has 0 aliphatic heterocycles. The minimum Gasteiger partial charge on any atom is -0.496 e.